The number of nitrogens with zero attached hydrogens (tertiary/aromatic N) is 1. The monoisotopic (exact) mass is 333 g/mol. The summed E-state index contributed by atoms with van der Waals surface area (Å²) in [7, 11) is 0. The molecule has 1 amide bonds. The van der Waals surface area contributed by atoms with E-state index >= 15 is 0 Å². The molecule has 4 heteroatoms. The summed E-state index contributed by atoms with van der Waals surface area (Å²) in [6.07, 6.45) is 2.65. The van der Waals surface area contributed by atoms with E-state index in [0.29, 0.717) is 6.54 Å². The van der Waals surface area contributed by atoms with E-state index in [0.717, 1.165) is 40.2 Å². The van der Waals surface area contributed by atoms with E-state index in [1.165, 1.54) is 5.56 Å². The number of hydrogen-bond donors (Lipinski definition) is 2. The molecule has 1 aromatic carbocycles. The number of H-pyrrole nitrogens is 1. The summed E-state index contributed by atoms with van der Waals surface area (Å²) in [5.41, 5.74) is 7.01. The summed E-state index contributed by atoms with van der Waals surface area (Å²) in [5, 5.41) is 2.87. The third-order valence-corrected chi connectivity index (χ3v) is 4.22. The third-order valence-electron chi connectivity index (χ3n) is 4.22. The average Bonchev–Trinajstić information content (AvgIpc) is 3.10. The number of benzene rings is 1. The Morgan fingerprint density at radius 3 is 2.48 bits per heavy atom. The molecule has 0 atom stereocenters. The molecule has 1 aliphatic rings. The van der Waals surface area contributed by atoms with Gasteiger partial charge >= 0.3 is 0 Å². The number of carbonyl (C=O) groups excluding carboxylic acids is 1. The van der Waals surface area contributed by atoms with Crippen LogP contribution < -0.4 is 5.32 Å². The number of pyridine rings is 1. The molecule has 0 saturated carbocycles. The second-order valence-electron chi connectivity index (χ2n) is 5.88. The smallest absolute Gasteiger partial charge is 0.253 e. The normalized spacial score (nSPS) is 12.7. The summed E-state index contributed by atoms with van der Waals surface area (Å²) < 4.78 is 0. The number of carbonyl (C=O) groups is 1. The molecule has 3 aromatic rings. The first-order valence-electron chi connectivity index (χ1n) is 8.74. The maximum absolute atomic E-state index is 11.9. The van der Waals surface area contributed by atoms with Gasteiger partial charge in [-0.1, -0.05) is 43.7 Å². The number of amides is 1. The molecule has 25 heavy (non-hydrogen) atoms. The first-order chi connectivity index (χ1) is 12.2. The fraction of sp³-hybridized carbons (Fsp3) is 0.238. The van der Waals surface area contributed by atoms with Crippen LogP contribution in [0.2, 0.25) is 0 Å². The van der Waals surface area contributed by atoms with Crippen molar-refractivity contribution in [1.29, 1.82) is 0 Å². The highest BCUT2D eigenvalue weighted by Crippen LogP contribution is 2.27. The SMILES string of the molecule is CC.Cc1ccc(-c2cc(-c3cc4c([nH]3)CCNC4=O)ccn2)cc1. The quantitative estimate of drug-likeness (QED) is 0.732. The number of hydrogen-bond acceptors (Lipinski definition) is 2. The van der Waals surface area contributed by atoms with Crippen LogP contribution in [-0.4, -0.2) is 22.4 Å². The van der Waals surface area contributed by atoms with E-state index in [9.17, 15) is 4.79 Å². The van der Waals surface area contributed by atoms with Gasteiger partial charge in [0.2, 0.25) is 0 Å². The highest BCUT2D eigenvalue weighted by atomic mass is 16.1. The van der Waals surface area contributed by atoms with Crippen molar-refractivity contribution in [2.75, 3.05) is 6.54 Å². The summed E-state index contributed by atoms with van der Waals surface area (Å²) in [4.78, 5) is 19.8. The predicted octanol–water partition coefficient (Wildman–Crippen LogP) is 4.36. The Bertz CT molecular complexity index is 878. The van der Waals surface area contributed by atoms with E-state index in [1.807, 2.05) is 32.2 Å². The predicted molar refractivity (Wildman–Crippen MR) is 102 cm³/mol. The summed E-state index contributed by atoms with van der Waals surface area (Å²) in [6, 6.07) is 14.3. The fourth-order valence-electron chi connectivity index (χ4n) is 2.93. The van der Waals surface area contributed by atoms with Crippen LogP contribution in [0.15, 0.2) is 48.7 Å². The van der Waals surface area contributed by atoms with Gasteiger partial charge in [-0.3, -0.25) is 9.78 Å². The van der Waals surface area contributed by atoms with Crippen LogP contribution in [0, 0.1) is 6.92 Å². The van der Waals surface area contributed by atoms with E-state index in [2.05, 4.69) is 52.5 Å². The number of rotatable bonds is 2. The molecule has 4 rings (SSSR count). The van der Waals surface area contributed by atoms with Gasteiger partial charge in [0.15, 0.2) is 0 Å². The Kier molecular flexibility index (Phi) is 4.98. The van der Waals surface area contributed by atoms with Crippen LogP contribution in [0.3, 0.4) is 0 Å². The van der Waals surface area contributed by atoms with Crippen LogP contribution in [0.4, 0.5) is 0 Å². The van der Waals surface area contributed by atoms with Crippen LogP contribution in [0.1, 0.15) is 35.5 Å². The molecule has 2 N–H and O–H groups in total. The van der Waals surface area contributed by atoms with Crippen molar-refractivity contribution in [3.63, 3.8) is 0 Å². The Balaban J connectivity index is 0.000000880. The lowest BCUT2D eigenvalue weighted by molar-refractivity contribution is 0.0946. The molecule has 0 saturated heterocycles. The molecule has 4 nitrogen and oxygen atoms in total. The molecular weight excluding hydrogens is 310 g/mol. The van der Waals surface area contributed by atoms with Gasteiger partial charge < -0.3 is 10.3 Å². The molecule has 0 radical (unpaired) electrons. The van der Waals surface area contributed by atoms with E-state index in [4.69, 9.17) is 0 Å². The van der Waals surface area contributed by atoms with Crippen molar-refractivity contribution < 1.29 is 4.79 Å². The minimum atomic E-state index is 0.00145. The Hall–Kier alpha value is -2.88. The maximum atomic E-state index is 11.9. The largest absolute Gasteiger partial charge is 0.358 e. The minimum absolute atomic E-state index is 0.00145. The second-order valence-corrected chi connectivity index (χ2v) is 5.88. The summed E-state index contributed by atoms with van der Waals surface area (Å²) >= 11 is 0. The highest BCUT2D eigenvalue weighted by Gasteiger charge is 2.20. The number of fused-ring (bicyclic) bond motifs is 1. The van der Waals surface area contributed by atoms with Crippen molar-refractivity contribution in [3.05, 3.63) is 65.5 Å². The van der Waals surface area contributed by atoms with Gasteiger partial charge in [0.25, 0.3) is 5.91 Å². The fourth-order valence-corrected chi connectivity index (χ4v) is 2.93. The molecule has 0 bridgehead atoms. The van der Waals surface area contributed by atoms with E-state index in [-0.39, 0.29) is 5.91 Å². The van der Waals surface area contributed by atoms with Gasteiger partial charge in [0, 0.05) is 41.7 Å². The van der Waals surface area contributed by atoms with Gasteiger partial charge in [-0.25, -0.2) is 0 Å². The Morgan fingerprint density at radius 2 is 1.76 bits per heavy atom. The average molecular weight is 333 g/mol. The highest BCUT2D eigenvalue weighted by molar-refractivity contribution is 5.97. The van der Waals surface area contributed by atoms with Crippen molar-refractivity contribution in [3.8, 4) is 22.5 Å². The molecule has 1 aliphatic heterocycles. The number of aromatic amines is 1. The zero-order valence-electron chi connectivity index (χ0n) is 14.9. The Morgan fingerprint density at radius 1 is 1.00 bits per heavy atom. The first kappa shape index (κ1) is 17.0. The molecular formula is C21H23N3O. The van der Waals surface area contributed by atoms with E-state index < -0.39 is 0 Å². The van der Waals surface area contributed by atoms with Gasteiger partial charge in [-0.15, -0.1) is 0 Å². The molecule has 0 aliphatic carbocycles. The summed E-state index contributed by atoms with van der Waals surface area (Å²) in [5.74, 6) is 0.00145. The van der Waals surface area contributed by atoms with Crippen molar-refractivity contribution >= 4 is 5.91 Å². The molecule has 0 unspecified atom stereocenters. The molecule has 2 aromatic heterocycles. The zero-order valence-corrected chi connectivity index (χ0v) is 14.9. The van der Waals surface area contributed by atoms with E-state index in [1.54, 1.807) is 0 Å². The lowest BCUT2D eigenvalue weighted by Crippen LogP contribution is -2.31. The third kappa shape index (κ3) is 3.48. The van der Waals surface area contributed by atoms with Gasteiger partial charge in [0.1, 0.15) is 0 Å². The van der Waals surface area contributed by atoms with Crippen LogP contribution in [-0.2, 0) is 6.42 Å². The van der Waals surface area contributed by atoms with Gasteiger partial charge in [-0.05, 0) is 25.1 Å². The van der Waals surface area contributed by atoms with Crippen molar-refractivity contribution in [2.45, 2.75) is 27.2 Å². The Labute approximate surface area is 148 Å². The lowest BCUT2D eigenvalue weighted by atomic mass is 10.1. The zero-order chi connectivity index (χ0) is 17.8. The minimum Gasteiger partial charge on any atom is -0.358 e. The summed E-state index contributed by atoms with van der Waals surface area (Å²) in [6.45, 7) is 6.76. The number of aromatic nitrogens is 2. The maximum Gasteiger partial charge on any atom is 0.253 e. The van der Waals surface area contributed by atoms with Gasteiger partial charge in [0.05, 0.1) is 11.3 Å². The van der Waals surface area contributed by atoms with Gasteiger partial charge in [-0.2, -0.15) is 0 Å². The lowest BCUT2D eigenvalue weighted by Gasteiger charge is -2.10. The molecule has 128 valence electrons. The van der Waals surface area contributed by atoms with Crippen LogP contribution in [0.5, 0.6) is 0 Å². The van der Waals surface area contributed by atoms with Crippen LogP contribution >= 0.6 is 0 Å². The van der Waals surface area contributed by atoms with Crippen LogP contribution in [0.25, 0.3) is 22.5 Å². The first-order valence-corrected chi connectivity index (χ1v) is 8.74. The topological polar surface area (TPSA) is 57.8 Å². The molecule has 0 spiro atoms. The molecule has 3 heterocycles. The number of aryl methyl sites for hydroxylation is 1. The standard InChI is InChI=1S/C19H17N3O.C2H6/c1-12-2-4-13(5-3-12)17-10-14(6-8-20-17)18-11-15-16(22-18)7-9-21-19(15)23;1-2/h2-6,8,10-11,22H,7,9H2,1H3,(H,21,23);1-2H3. The second kappa shape index (κ2) is 7.34. The van der Waals surface area contributed by atoms with Crippen molar-refractivity contribution in [2.24, 2.45) is 0 Å². The van der Waals surface area contributed by atoms with Crippen molar-refractivity contribution in [1.82, 2.24) is 15.3 Å². The molecule has 0 fully saturated rings. The number of nitrogens with one attached hydrogen (secondary N) is 2.